The molecule has 40 heavy (non-hydrogen) atoms. The number of thiocarbonyl (C=S) groups is 1. The molecule has 3 heterocycles. The van der Waals surface area contributed by atoms with Gasteiger partial charge in [0.2, 0.25) is 5.91 Å². The Kier molecular flexibility index (Phi) is 7.49. The van der Waals surface area contributed by atoms with Crippen LogP contribution in [0.1, 0.15) is 41.7 Å². The predicted molar refractivity (Wildman–Crippen MR) is 165 cm³/mol. The number of amides is 1. The van der Waals surface area contributed by atoms with Gasteiger partial charge in [0, 0.05) is 55.7 Å². The third-order valence-electron chi connectivity index (χ3n) is 7.28. The molecule has 2 atom stereocenters. The Morgan fingerprint density at radius 2 is 1.77 bits per heavy atom. The standard InChI is InChI=1S/C31H34N6O2S/c1-19-17-25(20(2)36(19)23-12-10-22(11-13-23)35(4)5)30-29(26-9-7-8-16-32-26)34-31(40)37(30)24-14-15-28(39-6)27(18-24)33-21(3)38/h7-18,29-30H,1-6H3,(H,33,38)(H,34,40). The van der Waals surface area contributed by atoms with Gasteiger partial charge in [0.25, 0.3) is 0 Å². The molecular weight excluding hydrogens is 520 g/mol. The smallest absolute Gasteiger partial charge is 0.221 e. The highest BCUT2D eigenvalue weighted by Gasteiger charge is 2.42. The lowest BCUT2D eigenvalue weighted by atomic mass is 9.96. The van der Waals surface area contributed by atoms with Gasteiger partial charge in [-0.25, -0.2) is 0 Å². The summed E-state index contributed by atoms with van der Waals surface area (Å²) in [6, 6.07) is 22.0. The van der Waals surface area contributed by atoms with Gasteiger partial charge in [0.15, 0.2) is 5.11 Å². The van der Waals surface area contributed by atoms with Crippen molar-refractivity contribution < 1.29 is 9.53 Å². The molecule has 0 saturated carbocycles. The number of anilines is 3. The van der Waals surface area contributed by atoms with E-state index in [1.165, 1.54) is 6.92 Å². The van der Waals surface area contributed by atoms with Gasteiger partial charge in [-0.3, -0.25) is 9.78 Å². The van der Waals surface area contributed by atoms with E-state index in [0.717, 1.165) is 39.7 Å². The Hall–Kier alpha value is -4.37. The molecule has 2 aromatic carbocycles. The minimum Gasteiger partial charge on any atom is -0.495 e. The lowest BCUT2D eigenvalue weighted by Crippen LogP contribution is -2.29. The van der Waals surface area contributed by atoms with Crippen molar-refractivity contribution in [3.63, 3.8) is 0 Å². The molecule has 0 aliphatic carbocycles. The van der Waals surface area contributed by atoms with Crippen molar-refractivity contribution in [3.8, 4) is 11.4 Å². The molecule has 1 fully saturated rings. The van der Waals surface area contributed by atoms with Crippen molar-refractivity contribution in [1.29, 1.82) is 0 Å². The number of pyridine rings is 1. The molecule has 2 aromatic heterocycles. The van der Waals surface area contributed by atoms with Gasteiger partial charge >= 0.3 is 0 Å². The van der Waals surface area contributed by atoms with E-state index in [-0.39, 0.29) is 18.0 Å². The first-order valence-corrected chi connectivity index (χ1v) is 13.5. The largest absolute Gasteiger partial charge is 0.495 e. The predicted octanol–water partition coefficient (Wildman–Crippen LogP) is 5.70. The highest BCUT2D eigenvalue weighted by atomic mass is 32.1. The highest BCUT2D eigenvalue weighted by molar-refractivity contribution is 7.80. The van der Waals surface area contributed by atoms with Crippen LogP contribution in [0.25, 0.3) is 5.69 Å². The number of aryl methyl sites for hydroxylation is 1. The number of nitrogens with one attached hydrogen (secondary N) is 2. The van der Waals surface area contributed by atoms with E-state index >= 15 is 0 Å². The van der Waals surface area contributed by atoms with Crippen molar-refractivity contribution in [1.82, 2.24) is 14.9 Å². The van der Waals surface area contributed by atoms with Crippen molar-refractivity contribution in [2.75, 3.05) is 36.3 Å². The fourth-order valence-electron chi connectivity index (χ4n) is 5.47. The van der Waals surface area contributed by atoms with Crippen LogP contribution in [-0.4, -0.2) is 41.8 Å². The topological polar surface area (TPSA) is 74.7 Å². The van der Waals surface area contributed by atoms with Crippen molar-refractivity contribution >= 4 is 40.3 Å². The number of hydrogen-bond acceptors (Lipinski definition) is 5. The van der Waals surface area contributed by atoms with Gasteiger partial charge < -0.3 is 29.7 Å². The minimum atomic E-state index is -0.193. The van der Waals surface area contributed by atoms with E-state index in [2.05, 4.69) is 74.2 Å². The monoisotopic (exact) mass is 554 g/mol. The fourth-order valence-corrected chi connectivity index (χ4v) is 5.81. The highest BCUT2D eigenvalue weighted by Crippen LogP contribution is 2.45. The van der Waals surface area contributed by atoms with Gasteiger partial charge in [-0.1, -0.05) is 6.07 Å². The summed E-state index contributed by atoms with van der Waals surface area (Å²) in [7, 11) is 5.67. The lowest BCUT2D eigenvalue weighted by Gasteiger charge is -2.29. The normalized spacial score (nSPS) is 16.6. The SMILES string of the molecule is COc1ccc(N2C(=S)NC(c3ccccn3)C2c2cc(C)n(-c3ccc(N(C)C)cc3)c2C)cc1NC(C)=O. The zero-order chi connectivity index (χ0) is 28.6. The number of nitrogens with zero attached hydrogens (tertiary/aromatic N) is 4. The molecule has 2 N–H and O–H groups in total. The molecule has 0 radical (unpaired) electrons. The Balaban J connectivity index is 1.65. The number of rotatable bonds is 7. The third kappa shape index (κ3) is 5.00. The minimum absolute atomic E-state index is 0.177. The van der Waals surface area contributed by atoms with Gasteiger partial charge in [-0.15, -0.1) is 0 Å². The number of carbonyl (C=O) groups excluding carboxylic acids is 1. The average Bonchev–Trinajstić information content (AvgIpc) is 3.43. The summed E-state index contributed by atoms with van der Waals surface area (Å²) >= 11 is 5.94. The second-order valence-electron chi connectivity index (χ2n) is 10.1. The molecule has 2 unspecified atom stereocenters. The van der Waals surface area contributed by atoms with Crippen molar-refractivity contribution in [3.05, 3.63) is 95.6 Å². The van der Waals surface area contributed by atoms with Crippen LogP contribution in [0, 0.1) is 13.8 Å². The maximum atomic E-state index is 11.9. The average molecular weight is 555 g/mol. The first-order valence-electron chi connectivity index (χ1n) is 13.1. The molecule has 5 rings (SSSR count). The fraction of sp³-hybridized carbons (Fsp3) is 0.258. The zero-order valence-corrected chi connectivity index (χ0v) is 24.4. The molecule has 9 heteroatoms. The van der Waals surface area contributed by atoms with Crippen LogP contribution in [0.15, 0.2) is 72.9 Å². The molecule has 1 aliphatic rings. The van der Waals surface area contributed by atoms with Gasteiger partial charge in [-0.05, 0) is 92.3 Å². The third-order valence-corrected chi connectivity index (χ3v) is 7.60. The molecule has 0 bridgehead atoms. The van der Waals surface area contributed by atoms with Crippen LogP contribution in [-0.2, 0) is 4.79 Å². The van der Waals surface area contributed by atoms with Crippen LogP contribution >= 0.6 is 12.2 Å². The van der Waals surface area contributed by atoms with Gasteiger partial charge in [-0.2, -0.15) is 0 Å². The number of carbonyl (C=O) groups is 1. The molecule has 0 spiro atoms. The van der Waals surface area contributed by atoms with E-state index in [0.29, 0.717) is 16.5 Å². The number of ether oxygens (including phenoxy) is 1. The molecule has 4 aromatic rings. The van der Waals surface area contributed by atoms with Crippen LogP contribution in [0.5, 0.6) is 5.75 Å². The summed E-state index contributed by atoms with van der Waals surface area (Å²) in [5, 5.41) is 7.00. The molecule has 206 valence electrons. The zero-order valence-electron chi connectivity index (χ0n) is 23.6. The van der Waals surface area contributed by atoms with E-state index in [1.807, 2.05) is 50.5 Å². The van der Waals surface area contributed by atoms with Crippen LogP contribution in [0.2, 0.25) is 0 Å². The molecule has 1 aliphatic heterocycles. The molecular formula is C31H34N6O2S. The van der Waals surface area contributed by atoms with E-state index in [9.17, 15) is 4.79 Å². The molecule has 8 nitrogen and oxygen atoms in total. The van der Waals surface area contributed by atoms with Crippen LogP contribution in [0.3, 0.4) is 0 Å². The number of methoxy groups -OCH3 is 1. The summed E-state index contributed by atoms with van der Waals surface area (Å²) < 4.78 is 7.78. The summed E-state index contributed by atoms with van der Waals surface area (Å²) in [6.07, 6.45) is 1.80. The Bertz CT molecular complexity index is 1550. The number of benzene rings is 2. The van der Waals surface area contributed by atoms with E-state index in [4.69, 9.17) is 17.0 Å². The Morgan fingerprint density at radius 3 is 2.40 bits per heavy atom. The van der Waals surface area contributed by atoms with Crippen molar-refractivity contribution in [2.24, 2.45) is 0 Å². The van der Waals surface area contributed by atoms with Crippen LogP contribution in [0.4, 0.5) is 17.1 Å². The maximum absolute atomic E-state index is 11.9. The summed E-state index contributed by atoms with van der Waals surface area (Å²) in [6.45, 7) is 5.75. The van der Waals surface area contributed by atoms with Crippen LogP contribution < -0.4 is 25.2 Å². The Morgan fingerprint density at radius 1 is 1.05 bits per heavy atom. The first-order chi connectivity index (χ1) is 19.2. The van der Waals surface area contributed by atoms with Crippen molar-refractivity contribution in [2.45, 2.75) is 32.9 Å². The molecule has 1 saturated heterocycles. The summed E-state index contributed by atoms with van der Waals surface area (Å²) in [4.78, 5) is 20.8. The lowest BCUT2D eigenvalue weighted by molar-refractivity contribution is -0.114. The van der Waals surface area contributed by atoms with E-state index < -0.39 is 0 Å². The van der Waals surface area contributed by atoms with Gasteiger partial charge in [0.05, 0.1) is 30.6 Å². The molecule has 1 amide bonds. The van der Waals surface area contributed by atoms with E-state index in [1.54, 1.807) is 13.3 Å². The van der Waals surface area contributed by atoms with Gasteiger partial charge in [0.1, 0.15) is 5.75 Å². The summed E-state index contributed by atoms with van der Waals surface area (Å²) in [5.41, 5.74) is 7.94. The summed E-state index contributed by atoms with van der Waals surface area (Å²) in [5.74, 6) is 0.401. The quantitative estimate of drug-likeness (QED) is 0.284. The second kappa shape index (κ2) is 11.0. The Labute approximate surface area is 240 Å². The number of hydrogen-bond donors (Lipinski definition) is 2. The maximum Gasteiger partial charge on any atom is 0.221 e. The first kappa shape index (κ1) is 27.2. The second-order valence-corrected chi connectivity index (χ2v) is 10.5. The number of aromatic nitrogens is 2.